The number of benzene rings is 1. The maximum atomic E-state index is 4.29. The predicted octanol–water partition coefficient (Wildman–Crippen LogP) is 2.54. The largest absolute Gasteiger partial charge is 0.356 e. The van der Waals surface area contributed by atoms with Crippen LogP contribution in [0.25, 0.3) is 0 Å². The van der Waals surface area contributed by atoms with Crippen LogP contribution in [0.3, 0.4) is 0 Å². The summed E-state index contributed by atoms with van der Waals surface area (Å²) in [6.07, 6.45) is 2.42. The Bertz CT molecular complexity index is 538. The van der Waals surface area contributed by atoms with Crippen molar-refractivity contribution in [1.29, 1.82) is 0 Å². The van der Waals surface area contributed by atoms with E-state index in [1.807, 2.05) is 7.05 Å². The summed E-state index contributed by atoms with van der Waals surface area (Å²) in [5, 5.41) is 6.77. The molecule has 0 radical (unpaired) electrons. The van der Waals surface area contributed by atoms with Crippen LogP contribution in [-0.4, -0.2) is 62.6 Å². The first-order valence-corrected chi connectivity index (χ1v) is 10.00. The molecule has 1 aliphatic rings. The van der Waals surface area contributed by atoms with Crippen LogP contribution in [0.1, 0.15) is 37.8 Å². The van der Waals surface area contributed by atoms with Crippen molar-refractivity contribution >= 4 is 5.96 Å². The van der Waals surface area contributed by atoms with Crippen molar-refractivity contribution < 1.29 is 0 Å². The van der Waals surface area contributed by atoms with Crippen molar-refractivity contribution in [3.8, 4) is 0 Å². The molecule has 2 N–H and O–H groups in total. The van der Waals surface area contributed by atoms with E-state index in [-0.39, 0.29) is 0 Å². The van der Waals surface area contributed by atoms with Crippen molar-refractivity contribution in [3.63, 3.8) is 0 Å². The van der Waals surface area contributed by atoms with E-state index in [1.165, 1.54) is 37.2 Å². The minimum absolute atomic E-state index is 0.706. The van der Waals surface area contributed by atoms with Crippen LogP contribution < -0.4 is 10.6 Å². The molecule has 1 fully saturated rings. The summed E-state index contributed by atoms with van der Waals surface area (Å²) in [4.78, 5) is 9.29. The van der Waals surface area contributed by atoms with Gasteiger partial charge >= 0.3 is 0 Å². The summed E-state index contributed by atoms with van der Waals surface area (Å²) in [5.41, 5.74) is 2.69. The topological polar surface area (TPSA) is 42.9 Å². The fraction of sp³-hybridized carbons (Fsp3) is 0.667. The van der Waals surface area contributed by atoms with Gasteiger partial charge in [-0.3, -0.25) is 9.89 Å². The van der Waals surface area contributed by atoms with E-state index in [0.29, 0.717) is 5.92 Å². The second-order valence-electron chi connectivity index (χ2n) is 7.78. The molecule has 0 spiro atoms. The molecule has 1 heterocycles. The van der Waals surface area contributed by atoms with Crippen molar-refractivity contribution in [2.75, 3.05) is 46.8 Å². The van der Waals surface area contributed by atoms with Crippen LogP contribution in [0, 0.1) is 5.92 Å². The minimum atomic E-state index is 0.706. The van der Waals surface area contributed by atoms with Crippen LogP contribution in [0.4, 0.5) is 0 Å². The number of hydrogen-bond acceptors (Lipinski definition) is 3. The number of hydrogen-bond donors (Lipinski definition) is 2. The van der Waals surface area contributed by atoms with E-state index in [1.54, 1.807) is 0 Å². The lowest BCUT2D eigenvalue weighted by atomic mass is 10.1. The van der Waals surface area contributed by atoms with E-state index < -0.39 is 0 Å². The van der Waals surface area contributed by atoms with Crippen molar-refractivity contribution in [2.24, 2.45) is 10.9 Å². The lowest BCUT2D eigenvalue weighted by molar-refractivity contribution is 0.269. The molecule has 2 rings (SSSR count). The van der Waals surface area contributed by atoms with E-state index in [4.69, 9.17) is 0 Å². The Morgan fingerprint density at radius 2 is 1.77 bits per heavy atom. The molecule has 1 aliphatic heterocycles. The Balaban J connectivity index is 1.76. The first-order valence-electron chi connectivity index (χ1n) is 10.00. The normalized spacial score (nSPS) is 17.3. The Hall–Kier alpha value is -1.59. The van der Waals surface area contributed by atoms with Gasteiger partial charge in [-0.15, -0.1) is 0 Å². The molecule has 0 amide bonds. The summed E-state index contributed by atoms with van der Waals surface area (Å²) < 4.78 is 0. The molecule has 146 valence electrons. The van der Waals surface area contributed by atoms with Crippen molar-refractivity contribution in [2.45, 2.75) is 39.8 Å². The Kier molecular flexibility index (Phi) is 8.92. The third-order valence-electron chi connectivity index (χ3n) is 4.94. The molecule has 0 saturated carbocycles. The maximum absolute atomic E-state index is 4.29. The smallest absolute Gasteiger partial charge is 0.191 e. The first kappa shape index (κ1) is 20.7. The molecule has 5 nitrogen and oxygen atoms in total. The highest BCUT2D eigenvalue weighted by atomic mass is 15.2. The third-order valence-corrected chi connectivity index (χ3v) is 4.94. The van der Waals surface area contributed by atoms with E-state index in [9.17, 15) is 0 Å². The number of nitrogens with zero attached hydrogens (tertiary/aromatic N) is 3. The molecule has 0 atom stereocenters. The van der Waals surface area contributed by atoms with Crippen molar-refractivity contribution in [1.82, 2.24) is 20.4 Å². The van der Waals surface area contributed by atoms with Gasteiger partial charge in [0.1, 0.15) is 0 Å². The quantitative estimate of drug-likeness (QED) is 0.580. The maximum Gasteiger partial charge on any atom is 0.191 e. The molecule has 0 aliphatic carbocycles. The highest BCUT2D eigenvalue weighted by Crippen LogP contribution is 2.10. The van der Waals surface area contributed by atoms with E-state index in [2.05, 4.69) is 70.6 Å². The SMILES string of the molecule is CN=C(NCCC(C)C)NCc1ccc(CN2CCCN(C)CC2)cc1. The van der Waals surface area contributed by atoms with Crippen LogP contribution in [0.5, 0.6) is 0 Å². The Labute approximate surface area is 159 Å². The van der Waals surface area contributed by atoms with Gasteiger partial charge < -0.3 is 15.5 Å². The lowest BCUT2D eigenvalue weighted by Gasteiger charge is -2.20. The van der Waals surface area contributed by atoms with Gasteiger partial charge in [-0.25, -0.2) is 0 Å². The van der Waals surface area contributed by atoms with Crippen LogP contribution >= 0.6 is 0 Å². The summed E-state index contributed by atoms with van der Waals surface area (Å²) in [5.74, 6) is 1.58. The highest BCUT2D eigenvalue weighted by molar-refractivity contribution is 5.79. The van der Waals surface area contributed by atoms with Gasteiger partial charge in [0.25, 0.3) is 0 Å². The molecule has 1 saturated heterocycles. The molecular weight excluding hydrogens is 322 g/mol. The lowest BCUT2D eigenvalue weighted by Crippen LogP contribution is -2.37. The zero-order valence-corrected chi connectivity index (χ0v) is 17.1. The van der Waals surface area contributed by atoms with Gasteiger partial charge in [0.15, 0.2) is 5.96 Å². The Morgan fingerprint density at radius 1 is 1.04 bits per heavy atom. The molecule has 0 unspecified atom stereocenters. The minimum Gasteiger partial charge on any atom is -0.356 e. The second kappa shape index (κ2) is 11.2. The van der Waals surface area contributed by atoms with Crippen molar-refractivity contribution in [3.05, 3.63) is 35.4 Å². The second-order valence-corrected chi connectivity index (χ2v) is 7.78. The van der Waals surface area contributed by atoms with E-state index in [0.717, 1.165) is 38.6 Å². The molecule has 0 bridgehead atoms. The molecule has 1 aromatic carbocycles. The van der Waals surface area contributed by atoms with Gasteiger partial charge in [0.05, 0.1) is 0 Å². The molecular formula is C21H37N5. The summed E-state index contributed by atoms with van der Waals surface area (Å²) in [6, 6.07) is 8.99. The van der Waals surface area contributed by atoms with Crippen LogP contribution in [-0.2, 0) is 13.1 Å². The highest BCUT2D eigenvalue weighted by Gasteiger charge is 2.12. The van der Waals surface area contributed by atoms with Crippen LogP contribution in [0.15, 0.2) is 29.3 Å². The average Bonchev–Trinajstić information content (AvgIpc) is 2.83. The van der Waals surface area contributed by atoms with Gasteiger partial charge in [-0.1, -0.05) is 38.1 Å². The number of likely N-dealkylation sites (N-methyl/N-ethyl adjacent to an activating group) is 1. The first-order chi connectivity index (χ1) is 12.6. The van der Waals surface area contributed by atoms with E-state index >= 15 is 0 Å². The van der Waals surface area contributed by atoms with Gasteiger partial charge in [-0.2, -0.15) is 0 Å². The zero-order chi connectivity index (χ0) is 18.8. The number of guanidine groups is 1. The van der Waals surface area contributed by atoms with Crippen LogP contribution in [0.2, 0.25) is 0 Å². The summed E-state index contributed by atoms with van der Waals surface area (Å²) in [6.45, 7) is 12.0. The number of aliphatic imine (C=N–C) groups is 1. The molecule has 26 heavy (non-hydrogen) atoms. The summed E-state index contributed by atoms with van der Waals surface area (Å²) >= 11 is 0. The Morgan fingerprint density at radius 3 is 2.46 bits per heavy atom. The molecule has 0 aromatic heterocycles. The fourth-order valence-electron chi connectivity index (χ4n) is 3.16. The summed E-state index contributed by atoms with van der Waals surface area (Å²) in [7, 11) is 4.04. The third kappa shape index (κ3) is 7.75. The van der Waals surface area contributed by atoms with Gasteiger partial charge in [0.2, 0.25) is 0 Å². The standard InChI is InChI=1S/C21H37N5/c1-18(2)10-11-23-21(22-3)24-16-19-6-8-20(9-7-19)17-26-13-5-12-25(4)14-15-26/h6-9,18H,5,10-17H2,1-4H3,(H2,22,23,24). The monoisotopic (exact) mass is 359 g/mol. The van der Waals surface area contributed by atoms with Gasteiger partial charge in [-0.05, 0) is 50.0 Å². The number of nitrogens with one attached hydrogen (secondary N) is 2. The molecule has 5 heteroatoms. The number of rotatable bonds is 7. The fourth-order valence-corrected chi connectivity index (χ4v) is 3.16. The predicted molar refractivity (Wildman–Crippen MR) is 111 cm³/mol. The zero-order valence-electron chi connectivity index (χ0n) is 17.1. The average molecular weight is 360 g/mol. The molecule has 1 aromatic rings. The van der Waals surface area contributed by atoms with Gasteiger partial charge in [0, 0.05) is 39.8 Å².